The summed E-state index contributed by atoms with van der Waals surface area (Å²) >= 11 is 0. The van der Waals surface area contributed by atoms with Gasteiger partial charge in [-0.3, -0.25) is 4.79 Å². The summed E-state index contributed by atoms with van der Waals surface area (Å²) < 4.78 is 0. The maximum Gasteiger partial charge on any atom is 0.239 e. The van der Waals surface area contributed by atoms with Crippen molar-refractivity contribution in [2.45, 2.75) is 52.0 Å². The molecule has 0 spiro atoms. The molecule has 15 heavy (non-hydrogen) atoms. The summed E-state index contributed by atoms with van der Waals surface area (Å²) in [5, 5.41) is 6.16. The van der Waals surface area contributed by atoms with Crippen LogP contribution >= 0.6 is 0 Å². The highest BCUT2D eigenvalue weighted by Gasteiger charge is 2.26. The average Bonchev–Trinajstić information content (AvgIpc) is 2.95. The number of nitrogens with one attached hydrogen (secondary N) is 2. The van der Waals surface area contributed by atoms with Crippen LogP contribution in [-0.4, -0.2) is 24.5 Å². The summed E-state index contributed by atoms with van der Waals surface area (Å²) in [7, 11) is 0. The molecular weight excluding hydrogens is 188 g/mol. The molecule has 2 N–H and O–H groups in total. The predicted molar refractivity (Wildman–Crippen MR) is 62.7 cm³/mol. The topological polar surface area (TPSA) is 41.1 Å². The lowest BCUT2D eigenvalue weighted by Crippen LogP contribution is -2.52. The summed E-state index contributed by atoms with van der Waals surface area (Å²) in [6.07, 6.45) is 5.20. The Morgan fingerprint density at radius 3 is 2.60 bits per heavy atom. The van der Waals surface area contributed by atoms with E-state index in [1.807, 2.05) is 20.8 Å². The average molecular weight is 212 g/mol. The molecular formula is C12H24N2O. The molecule has 0 radical (unpaired) electrons. The van der Waals surface area contributed by atoms with Gasteiger partial charge in [0.25, 0.3) is 0 Å². The van der Waals surface area contributed by atoms with Gasteiger partial charge in [-0.2, -0.15) is 0 Å². The monoisotopic (exact) mass is 212 g/mol. The third kappa shape index (κ3) is 4.65. The van der Waals surface area contributed by atoms with Gasteiger partial charge in [-0.1, -0.05) is 19.8 Å². The molecule has 0 atom stereocenters. The molecule has 1 rings (SSSR count). The number of carbonyl (C=O) groups is 1. The SMILES string of the molecule is CCNC(C)(C)C(=O)NCCCC1CC1. The first-order chi connectivity index (χ1) is 7.06. The quantitative estimate of drug-likeness (QED) is 0.630. The van der Waals surface area contributed by atoms with Gasteiger partial charge in [-0.15, -0.1) is 0 Å². The zero-order chi connectivity index (χ0) is 11.3. The van der Waals surface area contributed by atoms with Gasteiger partial charge in [0.2, 0.25) is 5.91 Å². The van der Waals surface area contributed by atoms with Gasteiger partial charge in [0, 0.05) is 6.54 Å². The Labute approximate surface area is 93.0 Å². The summed E-state index contributed by atoms with van der Waals surface area (Å²) in [6.45, 7) is 7.51. The van der Waals surface area contributed by atoms with Crippen molar-refractivity contribution in [2.75, 3.05) is 13.1 Å². The van der Waals surface area contributed by atoms with Gasteiger partial charge in [-0.25, -0.2) is 0 Å². The van der Waals surface area contributed by atoms with Gasteiger partial charge in [0.05, 0.1) is 5.54 Å². The fourth-order valence-corrected chi connectivity index (χ4v) is 1.74. The largest absolute Gasteiger partial charge is 0.355 e. The minimum absolute atomic E-state index is 0.111. The van der Waals surface area contributed by atoms with Crippen LogP contribution in [0.5, 0.6) is 0 Å². The first kappa shape index (κ1) is 12.5. The van der Waals surface area contributed by atoms with Crippen LogP contribution in [0.1, 0.15) is 46.5 Å². The summed E-state index contributed by atoms with van der Waals surface area (Å²) in [4.78, 5) is 11.7. The Balaban J connectivity index is 2.10. The molecule has 3 nitrogen and oxygen atoms in total. The number of amides is 1. The number of hydrogen-bond donors (Lipinski definition) is 2. The van der Waals surface area contributed by atoms with E-state index in [2.05, 4.69) is 10.6 Å². The molecule has 0 aromatic carbocycles. The first-order valence-corrected chi connectivity index (χ1v) is 6.09. The van der Waals surface area contributed by atoms with E-state index in [1.54, 1.807) is 0 Å². The van der Waals surface area contributed by atoms with Crippen molar-refractivity contribution in [3.05, 3.63) is 0 Å². The van der Waals surface area contributed by atoms with Gasteiger partial charge in [0.1, 0.15) is 0 Å². The molecule has 1 aliphatic rings. The van der Waals surface area contributed by atoms with Crippen molar-refractivity contribution in [1.29, 1.82) is 0 Å². The molecule has 0 aromatic rings. The molecule has 1 aliphatic carbocycles. The number of hydrogen-bond acceptors (Lipinski definition) is 2. The highest BCUT2D eigenvalue weighted by molar-refractivity contribution is 5.85. The van der Waals surface area contributed by atoms with Crippen molar-refractivity contribution in [3.8, 4) is 0 Å². The molecule has 1 fully saturated rings. The Morgan fingerprint density at radius 1 is 1.40 bits per heavy atom. The van der Waals surface area contributed by atoms with Crippen LogP contribution in [0.4, 0.5) is 0 Å². The highest BCUT2D eigenvalue weighted by Crippen LogP contribution is 2.33. The molecule has 0 heterocycles. The van der Waals surface area contributed by atoms with Crippen molar-refractivity contribution in [1.82, 2.24) is 10.6 Å². The maximum absolute atomic E-state index is 11.7. The van der Waals surface area contributed by atoms with E-state index in [9.17, 15) is 4.79 Å². The number of likely N-dealkylation sites (N-methyl/N-ethyl adjacent to an activating group) is 1. The molecule has 3 heteroatoms. The van der Waals surface area contributed by atoms with Crippen LogP contribution in [0.2, 0.25) is 0 Å². The predicted octanol–water partition coefficient (Wildman–Crippen LogP) is 1.68. The van der Waals surface area contributed by atoms with Crippen molar-refractivity contribution in [2.24, 2.45) is 5.92 Å². The lowest BCUT2D eigenvalue weighted by molar-refractivity contribution is -0.126. The number of rotatable bonds is 7. The highest BCUT2D eigenvalue weighted by atomic mass is 16.2. The maximum atomic E-state index is 11.7. The van der Waals surface area contributed by atoms with E-state index in [0.717, 1.165) is 25.4 Å². The molecule has 0 aliphatic heterocycles. The Hall–Kier alpha value is -0.570. The van der Waals surface area contributed by atoms with Crippen molar-refractivity contribution >= 4 is 5.91 Å². The van der Waals surface area contributed by atoms with Crippen LogP contribution < -0.4 is 10.6 Å². The summed E-state index contributed by atoms with van der Waals surface area (Å²) in [5.41, 5.74) is -0.436. The van der Waals surface area contributed by atoms with E-state index in [4.69, 9.17) is 0 Å². The van der Waals surface area contributed by atoms with Gasteiger partial charge < -0.3 is 10.6 Å². The third-order valence-corrected chi connectivity index (χ3v) is 2.96. The normalized spacial score (nSPS) is 16.5. The molecule has 0 aromatic heterocycles. The van der Waals surface area contributed by atoms with Crippen LogP contribution in [0.15, 0.2) is 0 Å². The lowest BCUT2D eigenvalue weighted by atomic mass is 10.0. The smallest absolute Gasteiger partial charge is 0.239 e. The Bertz CT molecular complexity index is 210. The molecule has 0 unspecified atom stereocenters. The van der Waals surface area contributed by atoms with Crippen LogP contribution in [0.25, 0.3) is 0 Å². The van der Waals surface area contributed by atoms with Crippen molar-refractivity contribution < 1.29 is 4.79 Å². The second-order valence-electron chi connectivity index (χ2n) is 5.00. The minimum Gasteiger partial charge on any atom is -0.355 e. The first-order valence-electron chi connectivity index (χ1n) is 6.09. The summed E-state index contributed by atoms with van der Waals surface area (Å²) in [5.74, 6) is 1.07. The molecule has 1 saturated carbocycles. The van der Waals surface area contributed by atoms with Gasteiger partial charge in [-0.05, 0) is 39.2 Å². The Morgan fingerprint density at radius 2 is 2.07 bits per heavy atom. The van der Waals surface area contributed by atoms with Gasteiger partial charge in [0.15, 0.2) is 0 Å². The minimum atomic E-state index is -0.436. The third-order valence-electron chi connectivity index (χ3n) is 2.96. The zero-order valence-electron chi connectivity index (χ0n) is 10.2. The van der Waals surface area contributed by atoms with Crippen LogP contribution in [0, 0.1) is 5.92 Å². The standard InChI is InChI=1S/C12H24N2O/c1-4-14-12(2,3)11(15)13-9-5-6-10-7-8-10/h10,14H,4-9H2,1-3H3,(H,13,15). The van der Waals surface area contributed by atoms with Crippen LogP contribution in [0.3, 0.4) is 0 Å². The Kier molecular flexibility index (Phi) is 4.58. The summed E-state index contributed by atoms with van der Waals surface area (Å²) in [6, 6.07) is 0. The fourth-order valence-electron chi connectivity index (χ4n) is 1.74. The van der Waals surface area contributed by atoms with E-state index in [-0.39, 0.29) is 5.91 Å². The molecule has 1 amide bonds. The van der Waals surface area contributed by atoms with E-state index < -0.39 is 5.54 Å². The van der Waals surface area contributed by atoms with Crippen molar-refractivity contribution in [3.63, 3.8) is 0 Å². The van der Waals surface area contributed by atoms with E-state index >= 15 is 0 Å². The van der Waals surface area contributed by atoms with Crippen LogP contribution in [-0.2, 0) is 4.79 Å². The lowest BCUT2D eigenvalue weighted by Gasteiger charge is -2.24. The zero-order valence-corrected chi connectivity index (χ0v) is 10.2. The fraction of sp³-hybridized carbons (Fsp3) is 0.917. The molecule has 88 valence electrons. The molecule has 0 bridgehead atoms. The second-order valence-corrected chi connectivity index (χ2v) is 5.00. The van der Waals surface area contributed by atoms with E-state index in [1.165, 1.54) is 19.3 Å². The molecule has 0 saturated heterocycles. The second kappa shape index (κ2) is 5.50. The number of carbonyl (C=O) groups excluding carboxylic acids is 1. The van der Waals surface area contributed by atoms with Gasteiger partial charge >= 0.3 is 0 Å². The van der Waals surface area contributed by atoms with E-state index in [0.29, 0.717) is 0 Å².